The zero-order valence-corrected chi connectivity index (χ0v) is 35.9. The third kappa shape index (κ3) is 16.9. The monoisotopic (exact) mass is 935 g/mol. The number of hydrogen-bond donors (Lipinski definition) is 9. The Bertz CT molecular complexity index is 1980. The Labute approximate surface area is 346 Å². The molecule has 7 atom stereocenters. The van der Waals surface area contributed by atoms with E-state index in [4.69, 9.17) is 24.3 Å². The van der Waals surface area contributed by atoms with Crippen molar-refractivity contribution in [2.75, 3.05) is 44.4 Å². The predicted octanol–water partition coefficient (Wildman–Crippen LogP) is -0.0457. The topological polar surface area (TPSA) is 390 Å². The molecule has 0 radical (unpaired) electrons. The van der Waals surface area contributed by atoms with Crippen LogP contribution in [0.25, 0.3) is 11.2 Å². The Morgan fingerprint density at radius 3 is 2.43 bits per heavy atom. The van der Waals surface area contributed by atoms with E-state index in [-0.39, 0.29) is 53.3 Å². The predicted molar refractivity (Wildman–Crippen MR) is 207 cm³/mol. The molecule has 1 aliphatic rings. The second-order valence-corrected chi connectivity index (χ2v) is 18.8. The first-order valence-electron chi connectivity index (χ1n) is 17.8. The molecule has 10 N–H and O–H groups in total. The molecular formula is C30H48N7O19P3S. The van der Waals surface area contributed by atoms with Crippen LogP contribution in [-0.4, -0.2) is 135 Å². The lowest BCUT2D eigenvalue weighted by Gasteiger charge is -2.30. The Morgan fingerprint density at radius 1 is 1.05 bits per heavy atom. The van der Waals surface area contributed by atoms with Gasteiger partial charge in [-0.2, -0.15) is 4.31 Å². The molecular weight excluding hydrogens is 887 g/mol. The maximum Gasteiger partial charge on any atom is 0.481 e. The molecule has 2 amide bonds. The van der Waals surface area contributed by atoms with Gasteiger partial charge in [0.1, 0.15) is 36.3 Å². The van der Waals surface area contributed by atoms with Crippen molar-refractivity contribution in [1.29, 1.82) is 0 Å². The molecule has 2 unspecified atom stereocenters. The van der Waals surface area contributed by atoms with Gasteiger partial charge < -0.3 is 55.6 Å². The number of carbonyl (C=O) groups excluding carboxylic acids is 4. The molecule has 338 valence electrons. The number of imidazole rings is 1. The van der Waals surface area contributed by atoms with E-state index in [2.05, 4.69) is 34.4 Å². The van der Waals surface area contributed by atoms with E-state index in [1.54, 1.807) is 6.08 Å². The Hall–Kier alpha value is -3.23. The number of thioether (sulfide) groups is 1. The van der Waals surface area contributed by atoms with Crippen LogP contribution in [0.1, 0.15) is 52.7 Å². The van der Waals surface area contributed by atoms with Gasteiger partial charge >= 0.3 is 29.4 Å². The van der Waals surface area contributed by atoms with Gasteiger partial charge in [0.25, 0.3) is 0 Å². The standard InChI is InChI=1S/C30H48N7O19P3S/c1-18(38)51-12-7-5-4-6-8-21(40)60-13-11-32-20(39)9-10-33-28(43)25(42)30(2,3)15-53-59(49,50)56-58(47,48)52-14-19-24(55-57(44,45)46)23(41)29(54-19)37-17-36-22-26(31)34-16-35-27(22)37/h6,8,16-17,19,23-25,29,41-42H,4-5,7,9-15H2,1-3H3,(H,32,39)(H,33,43)(H,47,48)(H,49,50)(H2,31,34,35)(H2,44,45,46)/t19-,23-,24-,25+,29-/m1/s1. The number of nitrogen functional groups attached to an aromatic ring is 1. The number of unbranched alkanes of at least 4 members (excludes halogenated alkanes) is 2. The molecule has 30 heteroatoms. The number of nitrogens with one attached hydrogen (secondary N) is 2. The van der Waals surface area contributed by atoms with Crippen molar-refractivity contribution in [3.05, 3.63) is 24.8 Å². The fourth-order valence-corrected chi connectivity index (χ4v) is 8.52. The van der Waals surface area contributed by atoms with Crippen LogP contribution in [0.15, 0.2) is 24.8 Å². The number of aliphatic hydroxyl groups excluding tert-OH is 2. The van der Waals surface area contributed by atoms with Crippen molar-refractivity contribution in [3.63, 3.8) is 0 Å². The summed E-state index contributed by atoms with van der Waals surface area (Å²) >= 11 is 0.986. The summed E-state index contributed by atoms with van der Waals surface area (Å²) in [6.07, 6.45) is -1.84. The molecule has 0 aromatic carbocycles. The van der Waals surface area contributed by atoms with Crippen molar-refractivity contribution in [2.24, 2.45) is 5.41 Å². The number of fused-ring (bicyclic) bond motifs is 1. The summed E-state index contributed by atoms with van der Waals surface area (Å²) < 4.78 is 67.0. The van der Waals surface area contributed by atoms with Crippen LogP contribution in [0.4, 0.5) is 5.82 Å². The number of anilines is 1. The van der Waals surface area contributed by atoms with Crippen molar-refractivity contribution in [1.82, 2.24) is 30.2 Å². The van der Waals surface area contributed by atoms with E-state index in [0.717, 1.165) is 35.4 Å². The molecule has 1 saturated heterocycles. The largest absolute Gasteiger partial charge is 0.481 e. The lowest BCUT2D eigenvalue weighted by molar-refractivity contribution is -0.141. The number of rotatable bonds is 25. The van der Waals surface area contributed by atoms with Crippen molar-refractivity contribution in [2.45, 2.75) is 77.1 Å². The van der Waals surface area contributed by atoms with Crippen LogP contribution in [0.5, 0.6) is 0 Å². The Balaban J connectivity index is 1.42. The second-order valence-electron chi connectivity index (χ2n) is 13.5. The third-order valence-electron chi connectivity index (χ3n) is 8.07. The van der Waals surface area contributed by atoms with E-state index >= 15 is 0 Å². The SMILES string of the molecule is CC(=O)OCCCCC=CC(=O)SCCNC(=O)CCNC(=O)[C@H](O)C(C)(C)COP(=O)(O)OP(=O)(O)OC[C@H]1O[C@@H](n2cnc3c(N)ncnc32)[C@H](O)[C@@H]1OP(=O)(O)O. The number of esters is 1. The summed E-state index contributed by atoms with van der Waals surface area (Å²) in [7, 11) is -16.4. The molecule has 2 aromatic rings. The van der Waals surface area contributed by atoms with E-state index in [1.807, 2.05) is 0 Å². The number of aromatic nitrogens is 4. The highest BCUT2D eigenvalue weighted by Crippen LogP contribution is 2.61. The first-order chi connectivity index (χ1) is 27.9. The molecule has 0 bridgehead atoms. The van der Waals surface area contributed by atoms with E-state index in [0.29, 0.717) is 19.4 Å². The van der Waals surface area contributed by atoms with Crippen molar-refractivity contribution >= 4 is 75.1 Å². The first-order valence-corrected chi connectivity index (χ1v) is 23.3. The normalized spacial score (nSPS) is 21.0. The number of nitrogens with zero attached hydrogens (tertiary/aromatic N) is 4. The smallest absolute Gasteiger partial charge is 0.466 e. The third-order valence-corrected chi connectivity index (χ3v) is 12.0. The quantitative estimate of drug-likeness (QED) is 0.0273. The average Bonchev–Trinajstić information content (AvgIpc) is 3.70. The van der Waals surface area contributed by atoms with Crippen LogP contribution >= 0.6 is 35.2 Å². The summed E-state index contributed by atoms with van der Waals surface area (Å²) in [6, 6.07) is 0. The maximum absolute atomic E-state index is 12.7. The zero-order valence-electron chi connectivity index (χ0n) is 32.4. The number of amides is 2. The maximum atomic E-state index is 12.7. The molecule has 0 spiro atoms. The Kier molecular flexibility index (Phi) is 19.4. The van der Waals surface area contributed by atoms with Gasteiger partial charge in [-0.25, -0.2) is 28.6 Å². The van der Waals surface area contributed by atoms with E-state index in [1.165, 1.54) is 26.8 Å². The van der Waals surface area contributed by atoms with Crippen LogP contribution in [0.3, 0.4) is 0 Å². The minimum atomic E-state index is -5.58. The van der Waals surface area contributed by atoms with Crippen LogP contribution in [-0.2, 0) is 60.2 Å². The highest BCUT2D eigenvalue weighted by atomic mass is 32.2. The molecule has 0 aliphatic carbocycles. The summed E-state index contributed by atoms with van der Waals surface area (Å²) in [5.41, 5.74) is 4.23. The Morgan fingerprint density at radius 2 is 1.75 bits per heavy atom. The summed E-state index contributed by atoms with van der Waals surface area (Å²) in [5.74, 6) is -1.58. The lowest BCUT2D eigenvalue weighted by Crippen LogP contribution is -2.46. The minimum absolute atomic E-state index is 0.0242. The van der Waals surface area contributed by atoms with E-state index in [9.17, 15) is 62.7 Å². The van der Waals surface area contributed by atoms with Gasteiger partial charge in [0.15, 0.2) is 17.7 Å². The molecule has 1 fully saturated rings. The zero-order chi connectivity index (χ0) is 44.9. The second kappa shape index (κ2) is 22.7. The van der Waals surface area contributed by atoms with Gasteiger partial charge in [-0.1, -0.05) is 31.7 Å². The molecule has 3 rings (SSSR count). The highest BCUT2D eigenvalue weighted by molar-refractivity contribution is 8.14. The summed E-state index contributed by atoms with van der Waals surface area (Å²) in [5, 5.41) is 26.2. The van der Waals surface area contributed by atoms with E-state index < -0.39 is 84.6 Å². The van der Waals surface area contributed by atoms with Gasteiger partial charge in [-0.3, -0.25) is 37.3 Å². The number of phosphoric ester groups is 3. The van der Waals surface area contributed by atoms with Gasteiger partial charge in [0, 0.05) is 37.6 Å². The van der Waals surface area contributed by atoms with Crippen molar-refractivity contribution in [3.8, 4) is 0 Å². The number of aliphatic hydroxyl groups is 2. The van der Waals surface area contributed by atoms with Gasteiger partial charge in [-0.15, -0.1) is 0 Å². The van der Waals surface area contributed by atoms with Gasteiger partial charge in [-0.05, 0) is 25.3 Å². The van der Waals surface area contributed by atoms with Crippen LogP contribution < -0.4 is 16.4 Å². The number of hydrogen-bond acceptors (Lipinski definition) is 20. The number of carbonyl (C=O) groups is 4. The minimum Gasteiger partial charge on any atom is -0.466 e. The molecule has 26 nitrogen and oxygen atoms in total. The first kappa shape index (κ1) is 51.1. The van der Waals surface area contributed by atoms with Gasteiger partial charge in [0.2, 0.25) is 16.9 Å². The lowest BCUT2D eigenvalue weighted by atomic mass is 9.87. The highest BCUT2D eigenvalue weighted by Gasteiger charge is 2.50. The number of allylic oxidation sites excluding steroid dienone is 1. The fourth-order valence-electron chi connectivity index (χ4n) is 5.09. The molecule has 2 aromatic heterocycles. The summed E-state index contributed by atoms with van der Waals surface area (Å²) in [4.78, 5) is 98.3. The molecule has 60 heavy (non-hydrogen) atoms. The number of phosphoric acid groups is 3. The fraction of sp³-hybridized carbons (Fsp3) is 0.633. The molecule has 0 saturated carbocycles. The van der Waals surface area contributed by atoms with Crippen molar-refractivity contribution < 1.29 is 90.0 Å². The molecule has 1 aliphatic heterocycles. The van der Waals surface area contributed by atoms with Crippen LogP contribution in [0, 0.1) is 5.41 Å². The number of ether oxygens (including phenoxy) is 2. The van der Waals surface area contributed by atoms with Gasteiger partial charge in [0.05, 0.1) is 26.1 Å². The van der Waals surface area contributed by atoms with Crippen LogP contribution in [0.2, 0.25) is 0 Å². The average molecular weight is 936 g/mol. The number of nitrogens with two attached hydrogens (primary N) is 1. The summed E-state index contributed by atoms with van der Waals surface area (Å²) in [6.45, 7) is 2.01. The molecule has 3 heterocycles.